The van der Waals surface area contributed by atoms with E-state index in [1.165, 1.54) is 6.07 Å². The first-order valence-corrected chi connectivity index (χ1v) is 5.82. The number of aryl methyl sites for hydroxylation is 1. The van der Waals surface area contributed by atoms with E-state index >= 15 is 0 Å². The second-order valence-corrected chi connectivity index (χ2v) is 4.41. The lowest BCUT2D eigenvalue weighted by Crippen LogP contribution is -2.47. The fraction of sp³-hybridized carbons (Fsp3) is 0.333. The van der Waals surface area contributed by atoms with Crippen LogP contribution in [-0.2, 0) is 9.59 Å². The Morgan fingerprint density at radius 2 is 2.16 bits per heavy atom. The van der Waals surface area contributed by atoms with Crippen molar-refractivity contribution in [1.82, 2.24) is 5.32 Å². The standard InChI is InChI=1S/C12H13N3O4/c1-7-6-8(2-4-10(7)15(18)19)13-9-3-5-11(16)14-12(9)17/h2,4,6,9,13H,3,5H2,1H3,(H,14,16,17). The fourth-order valence-corrected chi connectivity index (χ4v) is 1.98. The zero-order valence-electron chi connectivity index (χ0n) is 10.3. The molecular weight excluding hydrogens is 250 g/mol. The van der Waals surface area contributed by atoms with Crippen LogP contribution in [0, 0.1) is 17.0 Å². The molecule has 2 N–H and O–H groups in total. The number of amides is 2. The van der Waals surface area contributed by atoms with Gasteiger partial charge in [-0.15, -0.1) is 0 Å². The molecule has 1 aromatic rings. The number of anilines is 1. The van der Waals surface area contributed by atoms with Gasteiger partial charge in [0.2, 0.25) is 11.8 Å². The normalized spacial score (nSPS) is 18.9. The van der Waals surface area contributed by atoms with Crippen molar-refractivity contribution >= 4 is 23.2 Å². The van der Waals surface area contributed by atoms with Crippen molar-refractivity contribution in [3.05, 3.63) is 33.9 Å². The monoisotopic (exact) mass is 263 g/mol. The minimum atomic E-state index is -0.487. The van der Waals surface area contributed by atoms with E-state index in [1.807, 2.05) is 0 Å². The van der Waals surface area contributed by atoms with Crippen molar-refractivity contribution < 1.29 is 14.5 Å². The van der Waals surface area contributed by atoms with Crippen LogP contribution in [0.5, 0.6) is 0 Å². The molecule has 19 heavy (non-hydrogen) atoms. The summed E-state index contributed by atoms with van der Waals surface area (Å²) in [6.45, 7) is 1.63. The lowest BCUT2D eigenvalue weighted by Gasteiger charge is -2.22. The lowest BCUT2D eigenvalue weighted by molar-refractivity contribution is -0.385. The summed E-state index contributed by atoms with van der Waals surface area (Å²) in [7, 11) is 0. The fourth-order valence-electron chi connectivity index (χ4n) is 1.98. The summed E-state index contributed by atoms with van der Waals surface area (Å²) in [4.78, 5) is 32.8. The molecular formula is C12H13N3O4. The Balaban J connectivity index is 2.11. The number of carbonyl (C=O) groups excluding carboxylic acids is 2. The molecule has 1 unspecified atom stereocenters. The quantitative estimate of drug-likeness (QED) is 0.483. The molecule has 1 aliphatic rings. The largest absolute Gasteiger partial charge is 0.374 e. The zero-order valence-corrected chi connectivity index (χ0v) is 10.3. The van der Waals surface area contributed by atoms with E-state index in [2.05, 4.69) is 10.6 Å². The number of imide groups is 1. The van der Waals surface area contributed by atoms with Crippen molar-refractivity contribution in [3.8, 4) is 0 Å². The van der Waals surface area contributed by atoms with Gasteiger partial charge in [-0.1, -0.05) is 0 Å². The molecule has 1 atom stereocenters. The molecule has 1 aliphatic heterocycles. The molecule has 0 saturated carbocycles. The SMILES string of the molecule is Cc1cc(NC2CCC(=O)NC2=O)ccc1[N+](=O)[O-]. The van der Waals surface area contributed by atoms with Gasteiger partial charge in [0, 0.05) is 23.7 Å². The highest BCUT2D eigenvalue weighted by Gasteiger charge is 2.26. The number of rotatable bonds is 3. The first-order chi connectivity index (χ1) is 8.97. The molecule has 1 aromatic carbocycles. The van der Waals surface area contributed by atoms with E-state index in [0.29, 0.717) is 17.7 Å². The summed E-state index contributed by atoms with van der Waals surface area (Å²) in [6, 6.07) is 4.07. The van der Waals surface area contributed by atoms with Gasteiger partial charge in [-0.3, -0.25) is 25.0 Å². The summed E-state index contributed by atoms with van der Waals surface area (Å²) < 4.78 is 0. The molecule has 0 bridgehead atoms. The van der Waals surface area contributed by atoms with Crippen molar-refractivity contribution in [2.45, 2.75) is 25.8 Å². The third-order valence-corrected chi connectivity index (χ3v) is 2.97. The molecule has 7 nitrogen and oxygen atoms in total. The summed E-state index contributed by atoms with van der Waals surface area (Å²) in [5, 5.41) is 15.9. The number of nitrogens with one attached hydrogen (secondary N) is 2. The topological polar surface area (TPSA) is 101 Å². The maximum Gasteiger partial charge on any atom is 0.272 e. The van der Waals surface area contributed by atoms with Crippen molar-refractivity contribution in [1.29, 1.82) is 0 Å². The van der Waals surface area contributed by atoms with Crippen molar-refractivity contribution in [3.63, 3.8) is 0 Å². The minimum absolute atomic E-state index is 0.0359. The van der Waals surface area contributed by atoms with Crippen LogP contribution < -0.4 is 10.6 Å². The minimum Gasteiger partial charge on any atom is -0.374 e. The van der Waals surface area contributed by atoms with E-state index < -0.39 is 11.0 Å². The Hall–Kier alpha value is -2.44. The molecule has 0 aliphatic carbocycles. The van der Waals surface area contributed by atoms with Crippen LogP contribution in [0.25, 0.3) is 0 Å². The van der Waals surface area contributed by atoms with Crippen LogP contribution in [0.2, 0.25) is 0 Å². The van der Waals surface area contributed by atoms with E-state index in [-0.39, 0.29) is 23.9 Å². The van der Waals surface area contributed by atoms with Gasteiger partial charge in [-0.25, -0.2) is 0 Å². The molecule has 1 fully saturated rings. The predicted octanol–water partition coefficient (Wildman–Crippen LogP) is 1.12. The molecule has 2 amide bonds. The number of hydrogen-bond acceptors (Lipinski definition) is 5. The third kappa shape index (κ3) is 2.87. The summed E-state index contributed by atoms with van der Waals surface area (Å²) in [6.07, 6.45) is 0.704. The first kappa shape index (κ1) is 13.0. The van der Waals surface area contributed by atoms with Crippen LogP contribution in [0.1, 0.15) is 18.4 Å². The van der Waals surface area contributed by atoms with Crippen LogP contribution in [0.15, 0.2) is 18.2 Å². The summed E-state index contributed by atoms with van der Waals surface area (Å²) in [5.41, 5.74) is 1.17. The van der Waals surface area contributed by atoms with Crippen LogP contribution in [0.3, 0.4) is 0 Å². The molecule has 0 radical (unpaired) electrons. The number of hydrogen-bond donors (Lipinski definition) is 2. The van der Waals surface area contributed by atoms with Crippen molar-refractivity contribution in [2.24, 2.45) is 0 Å². The van der Waals surface area contributed by atoms with Gasteiger partial charge in [0.25, 0.3) is 5.69 Å². The Labute approximate surface area is 109 Å². The summed E-state index contributed by atoms with van der Waals surface area (Å²) in [5.74, 6) is -0.643. The lowest BCUT2D eigenvalue weighted by atomic mass is 10.1. The van der Waals surface area contributed by atoms with Crippen LogP contribution in [0.4, 0.5) is 11.4 Å². The Morgan fingerprint density at radius 1 is 1.42 bits per heavy atom. The average molecular weight is 263 g/mol. The molecule has 100 valence electrons. The summed E-state index contributed by atoms with van der Waals surface area (Å²) >= 11 is 0. The van der Waals surface area contributed by atoms with E-state index in [1.54, 1.807) is 19.1 Å². The number of benzene rings is 1. The number of nitro benzene ring substituents is 1. The Morgan fingerprint density at radius 3 is 2.74 bits per heavy atom. The van der Waals surface area contributed by atoms with Crippen LogP contribution in [-0.4, -0.2) is 22.8 Å². The van der Waals surface area contributed by atoms with Crippen molar-refractivity contribution in [2.75, 3.05) is 5.32 Å². The Kier molecular flexibility index (Phi) is 3.46. The van der Waals surface area contributed by atoms with E-state index in [9.17, 15) is 19.7 Å². The molecule has 0 spiro atoms. The van der Waals surface area contributed by atoms with Gasteiger partial charge in [0.15, 0.2) is 0 Å². The predicted molar refractivity (Wildman–Crippen MR) is 67.6 cm³/mol. The molecule has 0 aromatic heterocycles. The number of carbonyl (C=O) groups is 2. The highest BCUT2D eigenvalue weighted by molar-refractivity contribution is 6.01. The van der Waals surface area contributed by atoms with Gasteiger partial charge in [0.1, 0.15) is 6.04 Å². The molecule has 1 heterocycles. The van der Waals surface area contributed by atoms with Gasteiger partial charge in [-0.2, -0.15) is 0 Å². The van der Waals surface area contributed by atoms with Crippen LogP contribution >= 0.6 is 0 Å². The van der Waals surface area contributed by atoms with Gasteiger partial charge >= 0.3 is 0 Å². The average Bonchev–Trinajstić information content (AvgIpc) is 2.32. The third-order valence-electron chi connectivity index (χ3n) is 2.97. The van der Waals surface area contributed by atoms with Gasteiger partial charge in [0.05, 0.1) is 4.92 Å². The maximum atomic E-state index is 11.6. The number of nitro groups is 1. The number of nitrogens with zero attached hydrogens (tertiary/aromatic N) is 1. The highest BCUT2D eigenvalue weighted by atomic mass is 16.6. The second kappa shape index (κ2) is 5.05. The molecule has 2 rings (SSSR count). The number of piperidine rings is 1. The first-order valence-electron chi connectivity index (χ1n) is 5.82. The smallest absolute Gasteiger partial charge is 0.272 e. The van der Waals surface area contributed by atoms with E-state index in [4.69, 9.17) is 0 Å². The molecule has 1 saturated heterocycles. The second-order valence-electron chi connectivity index (χ2n) is 4.41. The van der Waals surface area contributed by atoms with Gasteiger partial charge in [-0.05, 0) is 25.5 Å². The zero-order chi connectivity index (χ0) is 14.0. The maximum absolute atomic E-state index is 11.6. The van der Waals surface area contributed by atoms with Gasteiger partial charge < -0.3 is 5.32 Å². The highest BCUT2D eigenvalue weighted by Crippen LogP contribution is 2.22. The molecule has 7 heteroatoms. The Bertz CT molecular complexity index is 556. The van der Waals surface area contributed by atoms with E-state index in [0.717, 1.165) is 0 Å².